The highest BCUT2D eigenvalue weighted by atomic mass is 127. The van der Waals surface area contributed by atoms with Gasteiger partial charge in [0.05, 0.1) is 6.61 Å². The van der Waals surface area contributed by atoms with Crippen molar-refractivity contribution in [3.8, 4) is 5.75 Å². The van der Waals surface area contributed by atoms with Gasteiger partial charge < -0.3 is 20.1 Å². The van der Waals surface area contributed by atoms with Gasteiger partial charge in [-0.05, 0) is 62.5 Å². The van der Waals surface area contributed by atoms with Gasteiger partial charge in [0.25, 0.3) is 0 Å². The summed E-state index contributed by atoms with van der Waals surface area (Å²) in [6.45, 7) is 6.26. The maximum atomic E-state index is 6.04. The van der Waals surface area contributed by atoms with Gasteiger partial charge in [0.2, 0.25) is 0 Å². The third-order valence-corrected chi connectivity index (χ3v) is 4.87. The van der Waals surface area contributed by atoms with Crippen LogP contribution in [0.15, 0.2) is 23.2 Å². The topological polar surface area (TPSA) is 54.9 Å². The highest BCUT2D eigenvalue weighted by Crippen LogP contribution is 2.30. The molecule has 2 saturated carbocycles. The van der Waals surface area contributed by atoms with Crippen molar-refractivity contribution < 1.29 is 9.47 Å². The molecule has 0 aromatic heterocycles. The van der Waals surface area contributed by atoms with Crippen LogP contribution >= 0.6 is 24.0 Å². The Hall–Kier alpha value is -1.02. The van der Waals surface area contributed by atoms with E-state index in [1.165, 1.54) is 36.8 Å². The van der Waals surface area contributed by atoms with E-state index >= 15 is 0 Å². The Balaban J connectivity index is 0.00000261. The van der Waals surface area contributed by atoms with Gasteiger partial charge in [-0.2, -0.15) is 0 Å². The van der Waals surface area contributed by atoms with Crippen molar-refractivity contribution in [3.05, 3.63) is 29.3 Å². The predicted octanol–water partition coefficient (Wildman–Crippen LogP) is 3.88. The van der Waals surface area contributed by atoms with Gasteiger partial charge in [-0.1, -0.05) is 12.1 Å². The molecule has 1 aromatic carbocycles. The molecule has 0 atom stereocenters. The summed E-state index contributed by atoms with van der Waals surface area (Å²) in [4.78, 5) is 4.30. The Kier molecular flexibility index (Phi) is 9.68. The van der Waals surface area contributed by atoms with Crippen LogP contribution in [-0.4, -0.2) is 39.4 Å². The van der Waals surface area contributed by atoms with Crippen molar-refractivity contribution in [1.29, 1.82) is 0 Å². The number of hydrogen-bond donors (Lipinski definition) is 2. The quantitative estimate of drug-likeness (QED) is 0.215. The predicted molar refractivity (Wildman–Crippen MR) is 121 cm³/mol. The first-order chi connectivity index (χ1) is 12.7. The molecule has 27 heavy (non-hydrogen) atoms. The lowest BCUT2D eigenvalue weighted by molar-refractivity contribution is 0.123. The van der Waals surface area contributed by atoms with Crippen LogP contribution in [0.4, 0.5) is 0 Å². The summed E-state index contributed by atoms with van der Waals surface area (Å²) in [6.07, 6.45) is 6.30. The monoisotopic (exact) mass is 487 g/mol. The lowest BCUT2D eigenvalue weighted by Gasteiger charge is -2.15. The molecule has 152 valence electrons. The number of hydrogen-bond acceptors (Lipinski definition) is 3. The van der Waals surface area contributed by atoms with E-state index in [1.54, 1.807) is 7.05 Å². The number of rotatable bonds is 11. The largest absolute Gasteiger partial charge is 0.493 e. The van der Waals surface area contributed by atoms with Crippen LogP contribution in [0, 0.1) is 18.8 Å². The molecule has 0 amide bonds. The SMILES string of the molecule is CN=C(NCCCOCC1CC1)NCc1ccc(C)cc1OCC1CC1.I. The molecular formula is C21H34IN3O2. The molecular weight excluding hydrogens is 453 g/mol. The normalized spacial score (nSPS) is 16.6. The molecule has 0 bridgehead atoms. The van der Waals surface area contributed by atoms with Crippen LogP contribution in [0.2, 0.25) is 0 Å². The smallest absolute Gasteiger partial charge is 0.191 e. The first-order valence-corrected chi connectivity index (χ1v) is 9.99. The maximum absolute atomic E-state index is 6.04. The van der Waals surface area contributed by atoms with E-state index in [-0.39, 0.29) is 24.0 Å². The average molecular weight is 487 g/mol. The zero-order valence-electron chi connectivity index (χ0n) is 16.6. The molecule has 2 aliphatic rings. The minimum absolute atomic E-state index is 0. The van der Waals surface area contributed by atoms with E-state index in [4.69, 9.17) is 9.47 Å². The first kappa shape index (κ1) is 22.3. The lowest BCUT2D eigenvalue weighted by atomic mass is 10.1. The number of ether oxygens (including phenoxy) is 2. The van der Waals surface area contributed by atoms with Gasteiger partial charge in [0.1, 0.15) is 5.75 Å². The molecule has 6 heteroatoms. The number of nitrogens with one attached hydrogen (secondary N) is 2. The Bertz CT molecular complexity index is 601. The number of halogens is 1. The number of aliphatic imine (C=N–C) groups is 1. The summed E-state index contributed by atoms with van der Waals surface area (Å²) in [5.74, 6) is 3.41. The number of aryl methyl sites for hydroxylation is 1. The molecule has 0 unspecified atom stereocenters. The number of benzene rings is 1. The highest BCUT2D eigenvalue weighted by Gasteiger charge is 2.22. The molecule has 2 fully saturated rings. The molecule has 0 aliphatic heterocycles. The fourth-order valence-electron chi connectivity index (χ4n) is 2.75. The summed E-state index contributed by atoms with van der Waals surface area (Å²) in [7, 11) is 1.80. The molecule has 3 rings (SSSR count). The molecule has 0 spiro atoms. The summed E-state index contributed by atoms with van der Waals surface area (Å²) in [5.41, 5.74) is 2.40. The van der Waals surface area contributed by atoms with Crippen LogP contribution in [0.25, 0.3) is 0 Å². The Morgan fingerprint density at radius 1 is 1.11 bits per heavy atom. The second-order valence-corrected chi connectivity index (χ2v) is 7.59. The van der Waals surface area contributed by atoms with E-state index in [9.17, 15) is 0 Å². The lowest BCUT2D eigenvalue weighted by Crippen LogP contribution is -2.37. The maximum Gasteiger partial charge on any atom is 0.191 e. The number of guanidine groups is 1. The van der Waals surface area contributed by atoms with E-state index in [2.05, 4.69) is 40.7 Å². The second-order valence-electron chi connectivity index (χ2n) is 7.59. The second kappa shape index (κ2) is 11.7. The van der Waals surface area contributed by atoms with Crippen LogP contribution < -0.4 is 15.4 Å². The minimum atomic E-state index is 0. The van der Waals surface area contributed by atoms with Crippen molar-refractivity contribution in [1.82, 2.24) is 10.6 Å². The van der Waals surface area contributed by atoms with Crippen LogP contribution in [0.3, 0.4) is 0 Å². The Morgan fingerprint density at radius 2 is 1.85 bits per heavy atom. The van der Waals surface area contributed by atoms with Crippen LogP contribution in [0.5, 0.6) is 5.75 Å². The van der Waals surface area contributed by atoms with Crippen molar-refractivity contribution in [2.24, 2.45) is 16.8 Å². The third kappa shape index (κ3) is 8.68. The van der Waals surface area contributed by atoms with Gasteiger partial charge in [-0.15, -0.1) is 24.0 Å². The van der Waals surface area contributed by atoms with Crippen molar-refractivity contribution in [2.45, 2.75) is 45.6 Å². The van der Waals surface area contributed by atoms with Crippen LogP contribution in [0.1, 0.15) is 43.2 Å². The molecule has 1 aromatic rings. The van der Waals surface area contributed by atoms with E-state index < -0.39 is 0 Å². The van der Waals surface area contributed by atoms with Crippen molar-refractivity contribution in [3.63, 3.8) is 0 Å². The van der Waals surface area contributed by atoms with E-state index in [1.807, 2.05) is 0 Å². The summed E-state index contributed by atoms with van der Waals surface area (Å²) in [6, 6.07) is 6.41. The molecule has 2 aliphatic carbocycles. The van der Waals surface area contributed by atoms with Gasteiger partial charge >= 0.3 is 0 Å². The number of nitrogens with zero attached hydrogens (tertiary/aromatic N) is 1. The van der Waals surface area contributed by atoms with E-state index in [0.717, 1.165) is 56.3 Å². The molecule has 0 heterocycles. The fraction of sp³-hybridized carbons (Fsp3) is 0.667. The van der Waals surface area contributed by atoms with Crippen molar-refractivity contribution in [2.75, 3.05) is 33.4 Å². The van der Waals surface area contributed by atoms with Gasteiger partial charge in [0, 0.05) is 38.9 Å². The molecule has 0 radical (unpaired) electrons. The standard InChI is InChI=1S/C21H33N3O2.HI/c1-16-4-9-19(20(12-16)26-15-18-7-8-18)13-24-21(22-2)23-10-3-11-25-14-17-5-6-17;/h4,9,12,17-18H,3,5-8,10-11,13-15H2,1-2H3,(H2,22,23,24);1H. The fourth-order valence-corrected chi connectivity index (χ4v) is 2.75. The van der Waals surface area contributed by atoms with Crippen LogP contribution in [-0.2, 0) is 11.3 Å². The van der Waals surface area contributed by atoms with Gasteiger partial charge in [0.15, 0.2) is 5.96 Å². The summed E-state index contributed by atoms with van der Waals surface area (Å²) in [5, 5.41) is 6.74. The van der Waals surface area contributed by atoms with Gasteiger partial charge in [-0.25, -0.2) is 0 Å². The van der Waals surface area contributed by atoms with Gasteiger partial charge in [-0.3, -0.25) is 4.99 Å². The minimum Gasteiger partial charge on any atom is -0.493 e. The Morgan fingerprint density at radius 3 is 2.56 bits per heavy atom. The zero-order valence-corrected chi connectivity index (χ0v) is 19.0. The zero-order chi connectivity index (χ0) is 18.2. The van der Waals surface area contributed by atoms with E-state index in [0.29, 0.717) is 6.54 Å². The summed E-state index contributed by atoms with van der Waals surface area (Å²) >= 11 is 0. The highest BCUT2D eigenvalue weighted by molar-refractivity contribution is 14.0. The first-order valence-electron chi connectivity index (χ1n) is 9.99. The third-order valence-electron chi connectivity index (χ3n) is 4.87. The van der Waals surface area contributed by atoms with Crippen molar-refractivity contribution >= 4 is 29.9 Å². The molecule has 2 N–H and O–H groups in total. The Labute approximate surface area is 180 Å². The average Bonchev–Trinajstić information content (AvgIpc) is 3.54. The molecule has 5 nitrogen and oxygen atoms in total. The molecule has 0 saturated heterocycles. The summed E-state index contributed by atoms with van der Waals surface area (Å²) < 4.78 is 11.7.